The van der Waals surface area contributed by atoms with Crippen LogP contribution in [-0.4, -0.2) is 20.1 Å². The lowest BCUT2D eigenvalue weighted by molar-refractivity contribution is -0.385. The van der Waals surface area contributed by atoms with Gasteiger partial charge in [-0.3, -0.25) is 19.8 Å². The molecule has 1 aliphatic rings. The van der Waals surface area contributed by atoms with Crippen LogP contribution in [0.3, 0.4) is 0 Å². The Morgan fingerprint density at radius 3 is 2.58 bits per heavy atom. The number of thiocarbonyl (C=S) groups is 1. The van der Waals surface area contributed by atoms with Crippen molar-refractivity contribution >= 4 is 51.7 Å². The molecule has 0 aliphatic carbocycles. The van der Waals surface area contributed by atoms with E-state index in [1.807, 2.05) is 0 Å². The second-order valence-electron chi connectivity index (χ2n) is 6.28. The molecule has 31 heavy (non-hydrogen) atoms. The standard InChI is InChI=1S/C21H12FN3O4S2/c22-14-2-1-3-15(11-14)24-20(26)18(31-21(24)30)10-13-4-7-17(8-5-13)29-19-9-6-16(12-23-19)25(27)28/h1-12H/b18-10+. The molecule has 7 nitrogen and oxygen atoms in total. The Balaban J connectivity index is 1.48. The second kappa shape index (κ2) is 8.62. The van der Waals surface area contributed by atoms with Crippen molar-refractivity contribution in [2.75, 3.05) is 4.90 Å². The molecule has 0 unspecified atom stereocenters. The number of thioether (sulfide) groups is 1. The Kier molecular flexibility index (Phi) is 5.74. The maximum Gasteiger partial charge on any atom is 0.287 e. The number of carbonyl (C=O) groups excluding carboxylic acids is 1. The molecule has 1 fully saturated rings. The van der Waals surface area contributed by atoms with Crippen molar-refractivity contribution in [1.29, 1.82) is 0 Å². The summed E-state index contributed by atoms with van der Waals surface area (Å²) in [7, 11) is 0. The first-order valence-electron chi connectivity index (χ1n) is 8.82. The van der Waals surface area contributed by atoms with Gasteiger partial charge in [0.05, 0.1) is 15.5 Å². The number of carbonyl (C=O) groups is 1. The van der Waals surface area contributed by atoms with Crippen LogP contribution in [0.5, 0.6) is 11.6 Å². The highest BCUT2D eigenvalue weighted by Gasteiger charge is 2.33. The molecule has 3 aromatic rings. The van der Waals surface area contributed by atoms with Crippen molar-refractivity contribution in [3.8, 4) is 11.6 Å². The number of rotatable bonds is 5. The number of nitrogens with zero attached hydrogens (tertiary/aromatic N) is 3. The third-order valence-corrected chi connectivity index (χ3v) is 5.49. The van der Waals surface area contributed by atoms with Gasteiger partial charge in [-0.15, -0.1) is 0 Å². The molecule has 10 heteroatoms. The summed E-state index contributed by atoms with van der Waals surface area (Å²) in [5.74, 6) is -0.0789. The van der Waals surface area contributed by atoms with E-state index in [2.05, 4.69) is 4.98 Å². The summed E-state index contributed by atoms with van der Waals surface area (Å²) in [6.07, 6.45) is 2.80. The summed E-state index contributed by atoms with van der Waals surface area (Å²) in [5, 5.41) is 10.7. The third kappa shape index (κ3) is 4.60. The van der Waals surface area contributed by atoms with E-state index in [1.165, 1.54) is 35.2 Å². The lowest BCUT2D eigenvalue weighted by atomic mass is 10.2. The number of hydrogen-bond donors (Lipinski definition) is 0. The summed E-state index contributed by atoms with van der Waals surface area (Å²) >= 11 is 6.43. The first-order valence-corrected chi connectivity index (χ1v) is 10.0. The summed E-state index contributed by atoms with van der Waals surface area (Å²) in [5.41, 5.74) is 0.993. The van der Waals surface area contributed by atoms with Gasteiger partial charge in [-0.25, -0.2) is 9.37 Å². The highest BCUT2D eigenvalue weighted by molar-refractivity contribution is 8.27. The zero-order chi connectivity index (χ0) is 22.0. The molecule has 4 rings (SSSR count). The molecule has 0 atom stereocenters. The fraction of sp³-hybridized carbons (Fsp3) is 0. The summed E-state index contributed by atoms with van der Waals surface area (Å²) in [4.78, 5) is 28.5. The molecule has 2 aromatic carbocycles. The predicted molar refractivity (Wildman–Crippen MR) is 119 cm³/mol. The van der Waals surface area contributed by atoms with Crippen LogP contribution in [0.1, 0.15) is 5.56 Å². The van der Waals surface area contributed by atoms with E-state index >= 15 is 0 Å². The van der Waals surface area contributed by atoms with Crippen LogP contribution in [0.4, 0.5) is 15.8 Å². The van der Waals surface area contributed by atoms with Gasteiger partial charge in [-0.05, 0) is 42.0 Å². The van der Waals surface area contributed by atoms with Gasteiger partial charge in [0.25, 0.3) is 11.6 Å². The minimum atomic E-state index is -0.539. The highest BCUT2D eigenvalue weighted by atomic mass is 32.2. The van der Waals surface area contributed by atoms with Crippen molar-refractivity contribution < 1.29 is 18.8 Å². The molecule has 0 saturated carbocycles. The number of benzene rings is 2. The molecule has 1 amide bonds. The number of pyridine rings is 1. The maximum absolute atomic E-state index is 13.5. The van der Waals surface area contributed by atoms with Crippen LogP contribution in [-0.2, 0) is 4.79 Å². The smallest absolute Gasteiger partial charge is 0.287 e. The fourth-order valence-electron chi connectivity index (χ4n) is 2.75. The average molecular weight is 453 g/mol. The molecule has 1 aromatic heterocycles. The van der Waals surface area contributed by atoms with Crippen LogP contribution >= 0.6 is 24.0 Å². The van der Waals surface area contributed by atoms with Gasteiger partial charge in [0, 0.05) is 12.1 Å². The van der Waals surface area contributed by atoms with Crippen molar-refractivity contribution in [1.82, 2.24) is 4.98 Å². The number of ether oxygens (including phenoxy) is 1. The van der Waals surface area contributed by atoms with E-state index < -0.39 is 10.7 Å². The Morgan fingerprint density at radius 2 is 1.94 bits per heavy atom. The predicted octanol–water partition coefficient (Wildman–Crippen LogP) is 5.33. The fourth-order valence-corrected chi connectivity index (χ4v) is 4.05. The molecule has 1 aliphatic heterocycles. The largest absolute Gasteiger partial charge is 0.439 e. The first kappa shape index (κ1) is 20.6. The lowest BCUT2D eigenvalue weighted by Crippen LogP contribution is -2.27. The summed E-state index contributed by atoms with van der Waals surface area (Å²) < 4.78 is 19.4. The van der Waals surface area contributed by atoms with E-state index in [9.17, 15) is 19.3 Å². The van der Waals surface area contributed by atoms with Crippen molar-refractivity contribution in [2.24, 2.45) is 0 Å². The van der Waals surface area contributed by atoms with E-state index in [0.717, 1.165) is 23.5 Å². The molecule has 0 N–H and O–H groups in total. The Bertz CT molecular complexity index is 1210. The van der Waals surface area contributed by atoms with E-state index in [4.69, 9.17) is 17.0 Å². The first-order chi connectivity index (χ1) is 14.9. The number of anilines is 1. The third-order valence-electron chi connectivity index (χ3n) is 4.19. The number of amides is 1. The SMILES string of the molecule is O=C1/C(=C\c2ccc(Oc3ccc([N+](=O)[O-])cn3)cc2)SC(=S)N1c1cccc(F)c1. The van der Waals surface area contributed by atoms with Gasteiger partial charge in [0.1, 0.15) is 17.8 Å². The Hall–Kier alpha value is -3.63. The van der Waals surface area contributed by atoms with Crippen LogP contribution in [0.15, 0.2) is 71.8 Å². The second-order valence-corrected chi connectivity index (χ2v) is 7.96. The summed E-state index contributed by atoms with van der Waals surface area (Å²) in [6.45, 7) is 0. The summed E-state index contributed by atoms with van der Waals surface area (Å²) in [6, 6.07) is 15.3. The van der Waals surface area contributed by atoms with E-state index in [0.29, 0.717) is 20.7 Å². The number of hydrogen-bond acceptors (Lipinski definition) is 7. The zero-order valence-corrected chi connectivity index (χ0v) is 17.2. The lowest BCUT2D eigenvalue weighted by Gasteiger charge is -2.14. The molecule has 2 heterocycles. The Labute approximate surface area is 185 Å². The van der Waals surface area contributed by atoms with Crippen LogP contribution in [0, 0.1) is 15.9 Å². The topological polar surface area (TPSA) is 85.6 Å². The molecule has 1 saturated heterocycles. The van der Waals surface area contributed by atoms with Crippen LogP contribution < -0.4 is 9.64 Å². The van der Waals surface area contributed by atoms with Crippen molar-refractivity contribution in [2.45, 2.75) is 0 Å². The maximum atomic E-state index is 13.5. The molecular formula is C21H12FN3O4S2. The number of halogens is 1. The monoisotopic (exact) mass is 453 g/mol. The van der Waals surface area contributed by atoms with Crippen molar-refractivity contribution in [3.05, 3.63) is 93.3 Å². The van der Waals surface area contributed by atoms with E-state index in [1.54, 1.807) is 36.4 Å². The molecule has 0 radical (unpaired) electrons. The van der Waals surface area contributed by atoms with Crippen molar-refractivity contribution in [3.63, 3.8) is 0 Å². The zero-order valence-electron chi connectivity index (χ0n) is 15.6. The Morgan fingerprint density at radius 1 is 1.16 bits per heavy atom. The molecular weight excluding hydrogens is 441 g/mol. The molecule has 0 bridgehead atoms. The van der Waals surface area contributed by atoms with Gasteiger partial charge in [-0.2, -0.15) is 0 Å². The van der Waals surface area contributed by atoms with Crippen LogP contribution in [0.25, 0.3) is 6.08 Å². The van der Waals surface area contributed by atoms with Gasteiger partial charge in [0.2, 0.25) is 5.88 Å². The van der Waals surface area contributed by atoms with Gasteiger partial charge >= 0.3 is 0 Å². The molecule has 0 spiro atoms. The molecule has 154 valence electrons. The minimum Gasteiger partial charge on any atom is -0.439 e. The van der Waals surface area contributed by atoms with Crippen LogP contribution in [0.2, 0.25) is 0 Å². The minimum absolute atomic E-state index is 0.127. The highest BCUT2D eigenvalue weighted by Crippen LogP contribution is 2.36. The quantitative estimate of drug-likeness (QED) is 0.223. The number of aromatic nitrogens is 1. The van der Waals surface area contributed by atoms with E-state index in [-0.39, 0.29) is 17.5 Å². The van der Waals surface area contributed by atoms with Gasteiger partial charge < -0.3 is 4.74 Å². The average Bonchev–Trinajstić information content (AvgIpc) is 3.02. The number of nitro groups is 1. The van der Waals surface area contributed by atoms with Gasteiger partial charge in [-0.1, -0.05) is 42.2 Å². The van der Waals surface area contributed by atoms with Gasteiger partial charge in [0.15, 0.2) is 4.32 Å². The normalized spacial score (nSPS) is 14.9.